The SMILES string of the molecule is CC/C=C(\C)C(=O)Nc1cccc(-c2ncnc3[nH]cc(C(=O)OCC)c23)c1. The van der Waals surface area contributed by atoms with Gasteiger partial charge in [0.15, 0.2) is 0 Å². The van der Waals surface area contributed by atoms with Gasteiger partial charge < -0.3 is 15.0 Å². The number of nitrogens with one attached hydrogen (secondary N) is 2. The van der Waals surface area contributed by atoms with Gasteiger partial charge in [0.2, 0.25) is 0 Å². The highest BCUT2D eigenvalue weighted by Gasteiger charge is 2.19. The molecule has 3 rings (SSSR count). The van der Waals surface area contributed by atoms with E-state index in [1.807, 2.05) is 37.3 Å². The molecule has 1 amide bonds. The molecule has 3 aromatic rings. The van der Waals surface area contributed by atoms with Crippen LogP contribution in [-0.2, 0) is 9.53 Å². The second kappa shape index (κ2) is 8.47. The lowest BCUT2D eigenvalue weighted by Gasteiger charge is -2.09. The van der Waals surface area contributed by atoms with Crippen molar-refractivity contribution in [3.8, 4) is 11.3 Å². The van der Waals surface area contributed by atoms with Gasteiger partial charge in [0.1, 0.15) is 12.0 Å². The molecule has 0 saturated heterocycles. The molecule has 7 nitrogen and oxygen atoms in total. The predicted molar refractivity (Wildman–Crippen MR) is 108 cm³/mol. The Morgan fingerprint density at radius 3 is 2.82 bits per heavy atom. The number of hydrogen-bond acceptors (Lipinski definition) is 5. The molecule has 0 spiro atoms. The minimum atomic E-state index is -0.436. The van der Waals surface area contributed by atoms with Crippen LogP contribution in [0.1, 0.15) is 37.6 Å². The van der Waals surface area contributed by atoms with E-state index < -0.39 is 5.97 Å². The summed E-state index contributed by atoms with van der Waals surface area (Å²) in [5, 5.41) is 3.48. The lowest BCUT2D eigenvalue weighted by molar-refractivity contribution is -0.112. The largest absolute Gasteiger partial charge is 0.462 e. The highest BCUT2D eigenvalue weighted by atomic mass is 16.5. The molecule has 0 radical (unpaired) electrons. The monoisotopic (exact) mass is 378 g/mol. The third-order valence-corrected chi connectivity index (χ3v) is 4.23. The van der Waals surface area contributed by atoms with Crippen LogP contribution in [0.2, 0.25) is 0 Å². The molecule has 0 atom stereocenters. The topological polar surface area (TPSA) is 97.0 Å². The summed E-state index contributed by atoms with van der Waals surface area (Å²) in [6.07, 6.45) is 5.68. The first-order valence-corrected chi connectivity index (χ1v) is 9.12. The Morgan fingerprint density at radius 1 is 1.25 bits per heavy atom. The summed E-state index contributed by atoms with van der Waals surface area (Å²) in [4.78, 5) is 36.1. The van der Waals surface area contributed by atoms with Gasteiger partial charge in [-0.15, -0.1) is 0 Å². The van der Waals surface area contributed by atoms with Crippen molar-refractivity contribution >= 4 is 28.6 Å². The summed E-state index contributed by atoms with van der Waals surface area (Å²) >= 11 is 0. The second-order valence-corrected chi connectivity index (χ2v) is 6.20. The van der Waals surface area contributed by atoms with E-state index in [9.17, 15) is 9.59 Å². The Hall–Kier alpha value is -3.48. The molecule has 0 unspecified atom stereocenters. The molecule has 7 heteroatoms. The van der Waals surface area contributed by atoms with E-state index >= 15 is 0 Å². The summed E-state index contributed by atoms with van der Waals surface area (Å²) in [7, 11) is 0. The van der Waals surface area contributed by atoms with Crippen molar-refractivity contribution in [1.29, 1.82) is 0 Å². The van der Waals surface area contributed by atoms with Crippen molar-refractivity contribution in [2.75, 3.05) is 11.9 Å². The first-order chi connectivity index (χ1) is 13.5. The van der Waals surface area contributed by atoms with Crippen LogP contribution < -0.4 is 5.32 Å². The van der Waals surface area contributed by atoms with Gasteiger partial charge in [0, 0.05) is 23.0 Å². The Bertz CT molecular complexity index is 1050. The lowest BCUT2D eigenvalue weighted by atomic mass is 10.1. The first kappa shape index (κ1) is 19.3. The number of ether oxygens (including phenoxy) is 1. The average Bonchev–Trinajstić information content (AvgIpc) is 3.13. The number of aromatic amines is 1. The van der Waals surface area contributed by atoms with Crippen LogP contribution in [-0.4, -0.2) is 33.4 Å². The zero-order valence-corrected chi connectivity index (χ0v) is 16.1. The van der Waals surface area contributed by atoms with Crippen molar-refractivity contribution in [1.82, 2.24) is 15.0 Å². The van der Waals surface area contributed by atoms with E-state index in [1.165, 1.54) is 6.33 Å². The number of esters is 1. The average molecular weight is 378 g/mol. The van der Waals surface area contributed by atoms with Gasteiger partial charge in [-0.3, -0.25) is 4.79 Å². The molecular weight excluding hydrogens is 356 g/mol. The number of carbonyl (C=O) groups excluding carboxylic acids is 2. The summed E-state index contributed by atoms with van der Waals surface area (Å²) in [5.74, 6) is -0.588. The molecule has 28 heavy (non-hydrogen) atoms. The van der Waals surface area contributed by atoms with Gasteiger partial charge >= 0.3 is 5.97 Å². The standard InChI is InChI=1S/C21H22N4O3/c1-4-7-13(3)20(26)25-15-9-6-8-14(10-15)18-17-16(21(27)28-5-2)11-22-19(17)24-12-23-18/h6-12H,4-5H2,1-3H3,(H,25,26)(H,22,23,24)/b13-7+. The maximum atomic E-state index is 12.3. The number of aromatic nitrogens is 3. The number of allylic oxidation sites excluding steroid dienone is 1. The third kappa shape index (κ3) is 3.93. The zero-order valence-electron chi connectivity index (χ0n) is 16.1. The van der Waals surface area contributed by atoms with Gasteiger partial charge in [-0.05, 0) is 32.4 Å². The van der Waals surface area contributed by atoms with Crippen molar-refractivity contribution in [2.24, 2.45) is 0 Å². The van der Waals surface area contributed by atoms with Gasteiger partial charge in [-0.25, -0.2) is 14.8 Å². The zero-order chi connectivity index (χ0) is 20.1. The molecule has 2 N–H and O–H groups in total. The maximum absolute atomic E-state index is 12.3. The molecule has 0 saturated carbocycles. The smallest absolute Gasteiger partial charge is 0.340 e. The Balaban J connectivity index is 2.01. The van der Waals surface area contributed by atoms with Crippen molar-refractivity contribution in [3.63, 3.8) is 0 Å². The van der Waals surface area contributed by atoms with E-state index in [2.05, 4.69) is 20.3 Å². The quantitative estimate of drug-likeness (QED) is 0.497. The molecule has 2 heterocycles. The molecule has 0 aliphatic heterocycles. The number of benzene rings is 1. The minimum Gasteiger partial charge on any atom is -0.462 e. The van der Waals surface area contributed by atoms with Crippen molar-refractivity contribution in [2.45, 2.75) is 27.2 Å². The predicted octanol–water partition coefficient (Wildman–Crippen LogP) is 4.10. The number of hydrogen-bond donors (Lipinski definition) is 2. The summed E-state index contributed by atoms with van der Waals surface area (Å²) < 4.78 is 5.13. The number of carbonyl (C=O) groups is 2. The van der Waals surface area contributed by atoms with Crippen LogP contribution >= 0.6 is 0 Å². The molecular formula is C21H22N4O3. The molecule has 1 aromatic carbocycles. The van der Waals surface area contributed by atoms with Crippen molar-refractivity contribution in [3.05, 3.63) is 54.0 Å². The van der Waals surface area contributed by atoms with Crippen LogP contribution in [0.25, 0.3) is 22.3 Å². The third-order valence-electron chi connectivity index (χ3n) is 4.23. The van der Waals surface area contributed by atoms with Gasteiger partial charge in [-0.2, -0.15) is 0 Å². The first-order valence-electron chi connectivity index (χ1n) is 9.12. The van der Waals surface area contributed by atoms with E-state index in [4.69, 9.17) is 4.74 Å². The van der Waals surface area contributed by atoms with Gasteiger partial charge in [-0.1, -0.05) is 25.1 Å². The molecule has 0 aliphatic carbocycles. The Morgan fingerprint density at radius 2 is 2.07 bits per heavy atom. The van der Waals surface area contributed by atoms with E-state index in [0.717, 1.165) is 12.0 Å². The van der Waals surface area contributed by atoms with E-state index in [1.54, 1.807) is 20.0 Å². The normalized spacial score (nSPS) is 11.5. The van der Waals surface area contributed by atoms with Crippen LogP contribution in [0.15, 0.2) is 48.4 Å². The van der Waals surface area contributed by atoms with Crippen LogP contribution in [0.5, 0.6) is 0 Å². The molecule has 2 aromatic heterocycles. The Kier molecular flexibility index (Phi) is 5.84. The number of H-pyrrole nitrogens is 1. The fraction of sp³-hybridized carbons (Fsp3) is 0.238. The summed E-state index contributed by atoms with van der Waals surface area (Å²) in [5.41, 5.74) is 3.57. The fourth-order valence-corrected chi connectivity index (χ4v) is 2.92. The number of nitrogens with zero attached hydrogens (tertiary/aromatic N) is 2. The number of rotatable bonds is 6. The van der Waals surface area contributed by atoms with E-state index in [-0.39, 0.29) is 12.5 Å². The summed E-state index contributed by atoms with van der Waals surface area (Å²) in [6, 6.07) is 7.33. The second-order valence-electron chi connectivity index (χ2n) is 6.20. The number of anilines is 1. The minimum absolute atomic E-state index is 0.152. The van der Waals surface area contributed by atoms with E-state index in [0.29, 0.717) is 33.6 Å². The molecule has 0 aliphatic rings. The number of fused-ring (bicyclic) bond motifs is 1. The molecule has 144 valence electrons. The Labute approximate surface area is 162 Å². The maximum Gasteiger partial charge on any atom is 0.340 e. The van der Waals surface area contributed by atoms with Gasteiger partial charge in [0.25, 0.3) is 5.91 Å². The highest BCUT2D eigenvalue weighted by Crippen LogP contribution is 2.30. The highest BCUT2D eigenvalue weighted by molar-refractivity contribution is 6.08. The molecule has 0 bridgehead atoms. The fourth-order valence-electron chi connectivity index (χ4n) is 2.92. The van der Waals surface area contributed by atoms with Gasteiger partial charge in [0.05, 0.1) is 23.3 Å². The lowest BCUT2D eigenvalue weighted by Crippen LogP contribution is -2.12. The van der Waals surface area contributed by atoms with Crippen LogP contribution in [0.4, 0.5) is 5.69 Å². The van der Waals surface area contributed by atoms with Crippen molar-refractivity contribution < 1.29 is 14.3 Å². The van der Waals surface area contributed by atoms with Crippen LogP contribution in [0.3, 0.4) is 0 Å². The number of amides is 1. The molecule has 0 fully saturated rings. The van der Waals surface area contributed by atoms with Crippen LogP contribution in [0, 0.1) is 0 Å². The summed E-state index contributed by atoms with van der Waals surface area (Å²) in [6.45, 7) is 5.80.